The molecule has 17 heavy (non-hydrogen) atoms. The molecule has 1 aromatic rings. The molecule has 1 rings (SSSR count). The summed E-state index contributed by atoms with van der Waals surface area (Å²) in [6.45, 7) is 1.07. The molecular formula is C9H11F3N2O3. The third kappa shape index (κ3) is 4.06. The highest BCUT2D eigenvalue weighted by molar-refractivity contribution is 5.87. The number of hydrogen-bond acceptors (Lipinski definition) is 4. The van der Waals surface area contributed by atoms with Gasteiger partial charge in [0.2, 0.25) is 0 Å². The van der Waals surface area contributed by atoms with Crippen molar-refractivity contribution in [3.63, 3.8) is 0 Å². The molecular weight excluding hydrogens is 241 g/mol. The van der Waals surface area contributed by atoms with Crippen LogP contribution in [0.25, 0.3) is 0 Å². The second kappa shape index (κ2) is 5.17. The molecule has 5 nitrogen and oxygen atoms in total. The summed E-state index contributed by atoms with van der Waals surface area (Å²) in [7, 11) is 1.43. The molecule has 0 aliphatic carbocycles. The van der Waals surface area contributed by atoms with Crippen LogP contribution in [-0.4, -0.2) is 28.7 Å². The lowest BCUT2D eigenvalue weighted by Crippen LogP contribution is -2.13. The Balaban J connectivity index is 2.71. The van der Waals surface area contributed by atoms with Crippen molar-refractivity contribution in [1.82, 2.24) is 9.78 Å². The van der Waals surface area contributed by atoms with Crippen molar-refractivity contribution in [3.05, 3.63) is 17.5 Å². The summed E-state index contributed by atoms with van der Waals surface area (Å²) in [5.41, 5.74) is 0.0838. The predicted octanol–water partition coefficient (Wildman–Crippen LogP) is 1.63. The quantitative estimate of drug-likeness (QED) is 0.764. The van der Waals surface area contributed by atoms with Crippen molar-refractivity contribution in [1.29, 1.82) is 0 Å². The summed E-state index contributed by atoms with van der Waals surface area (Å²) in [6.07, 6.45) is -4.72. The second-order valence-corrected chi connectivity index (χ2v) is 3.10. The van der Waals surface area contributed by atoms with E-state index in [1.807, 2.05) is 0 Å². The minimum Gasteiger partial charge on any atom is -0.461 e. The van der Waals surface area contributed by atoms with E-state index < -0.39 is 18.9 Å². The smallest absolute Gasteiger partial charge is 0.461 e. The van der Waals surface area contributed by atoms with Gasteiger partial charge in [0.1, 0.15) is 12.3 Å². The van der Waals surface area contributed by atoms with Gasteiger partial charge in [0.05, 0.1) is 12.3 Å². The number of alkyl halides is 3. The van der Waals surface area contributed by atoms with E-state index in [1.54, 1.807) is 6.92 Å². The zero-order valence-electron chi connectivity index (χ0n) is 9.24. The van der Waals surface area contributed by atoms with E-state index in [2.05, 4.69) is 9.84 Å². The van der Waals surface area contributed by atoms with Crippen LogP contribution in [0.3, 0.4) is 0 Å². The Morgan fingerprint density at radius 1 is 1.53 bits per heavy atom. The van der Waals surface area contributed by atoms with Crippen LogP contribution in [0.15, 0.2) is 6.07 Å². The second-order valence-electron chi connectivity index (χ2n) is 3.10. The zero-order chi connectivity index (χ0) is 13.1. The van der Waals surface area contributed by atoms with Gasteiger partial charge < -0.3 is 4.74 Å². The number of aryl methyl sites for hydroxylation is 1. The number of ether oxygens (including phenoxy) is 2. The van der Waals surface area contributed by atoms with Gasteiger partial charge in [-0.15, -0.1) is 13.2 Å². The minimum absolute atomic E-state index is 0.00729. The SMILES string of the molecule is CCOC(=O)c1cc(COC(F)(F)F)nn1C. The van der Waals surface area contributed by atoms with Crippen LogP contribution in [0.2, 0.25) is 0 Å². The summed E-state index contributed by atoms with van der Waals surface area (Å²) in [5, 5.41) is 3.71. The van der Waals surface area contributed by atoms with Crippen LogP contribution in [0.5, 0.6) is 0 Å². The monoisotopic (exact) mass is 252 g/mol. The molecule has 0 fully saturated rings. The van der Waals surface area contributed by atoms with Gasteiger partial charge >= 0.3 is 12.3 Å². The normalized spacial score (nSPS) is 11.6. The van der Waals surface area contributed by atoms with E-state index in [9.17, 15) is 18.0 Å². The average molecular weight is 252 g/mol. The molecule has 0 spiro atoms. The molecule has 0 amide bonds. The Kier molecular flexibility index (Phi) is 4.11. The third-order valence-electron chi connectivity index (χ3n) is 1.80. The first kappa shape index (κ1) is 13.5. The van der Waals surface area contributed by atoms with Crippen LogP contribution >= 0.6 is 0 Å². The van der Waals surface area contributed by atoms with Crippen LogP contribution in [0, 0.1) is 0 Å². The molecule has 0 unspecified atom stereocenters. The fourth-order valence-corrected chi connectivity index (χ4v) is 1.15. The molecule has 1 aromatic heterocycles. The first-order chi connectivity index (χ1) is 7.83. The van der Waals surface area contributed by atoms with E-state index in [0.29, 0.717) is 0 Å². The Labute approximate surface area is 95.1 Å². The molecule has 0 aliphatic heterocycles. The number of nitrogens with zero attached hydrogens (tertiary/aromatic N) is 2. The summed E-state index contributed by atoms with van der Waals surface area (Å²) in [6, 6.07) is 1.20. The van der Waals surface area contributed by atoms with Gasteiger partial charge in [-0.25, -0.2) is 4.79 Å². The Morgan fingerprint density at radius 3 is 2.71 bits per heavy atom. The van der Waals surface area contributed by atoms with Crippen LogP contribution in [0.1, 0.15) is 23.1 Å². The van der Waals surface area contributed by atoms with Crippen molar-refractivity contribution in [2.45, 2.75) is 19.9 Å². The van der Waals surface area contributed by atoms with Crippen LogP contribution in [-0.2, 0) is 23.1 Å². The highest BCUT2D eigenvalue weighted by Gasteiger charge is 2.29. The van der Waals surface area contributed by atoms with Crippen LogP contribution in [0.4, 0.5) is 13.2 Å². The Hall–Kier alpha value is -1.57. The lowest BCUT2D eigenvalue weighted by Gasteiger charge is -2.04. The highest BCUT2D eigenvalue weighted by Crippen LogP contribution is 2.18. The number of esters is 1. The first-order valence-electron chi connectivity index (χ1n) is 4.74. The van der Waals surface area contributed by atoms with Crippen molar-refractivity contribution >= 4 is 5.97 Å². The molecule has 0 saturated heterocycles. The standard InChI is InChI=1S/C9H11F3N2O3/c1-3-16-8(15)7-4-6(13-14(7)2)5-17-9(10,11)12/h4H,3,5H2,1-2H3. The maximum Gasteiger partial charge on any atom is 0.522 e. The molecule has 8 heteroatoms. The molecule has 0 aliphatic rings. The van der Waals surface area contributed by atoms with Gasteiger partial charge in [0.25, 0.3) is 0 Å². The van der Waals surface area contributed by atoms with Crippen molar-refractivity contribution < 1.29 is 27.4 Å². The molecule has 1 heterocycles. The topological polar surface area (TPSA) is 53.4 Å². The van der Waals surface area contributed by atoms with Crippen LogP contribution < -0.4 is 0 Å². The lowest BCUT2D eigenvalue weighted by atomic mass is 10.3. The maximum atomic E-state index is 11.8. The number of hydrogen-bond donors (Lipinski definition) is 0. The summed E-state index contributed by atoms with van der Waals surface area (Å²) < 4.78 is 44.8. The fraction of sp³-hybridized carbons (Fsp3) is 0.556. The van der Waals surface area contributed by atoms with Gasteiger partial charge in [0.15, 0.2) is 0 Å². The van der Waals surface area contributed by atoms with E-state index in [0.717, 1.165) is 4.68 Å². The zero-order valence-corrected chi connectivity index (χ0v) is 9.24. The number of carbonyl (C=O) groups is 1. The predicted molar refractivity (Wildman–Crippen MR) is 50.0 cm³/mol. The molecule has 0 saturated carbocycles. The number of carbonyl (C=O) groups excluding carboxylic acids is 1. The Morgan fingerprint density at radius 2 is 2.18 bits per heavy atom. The maximum absolute atomic E-state index is 11.8. The number of rotatable bonds is 4. The summed E-state index contributed by atoms with van der Waals surface area (Å²) >= 11 is 0. The molecule has 0 radical (unpaired) electrons. The van der Waals surface area contributed by atoms with Gasteiger partial charge in [-0.1, -0.05) is 0 Å². The largest absolute Gasteiger partial charge is 0.522 e. The van der Waals surface area contributed by atoms with Gasteiger partial charge in [0, 0.05) is 7.05 Å². The molecule has 0 atom stereocenters. The van der Waals surface area contributed by atoms with Gasteiger partial charge in [-0.3, -0.25) is 9.42 Å². The fourth-order valence-electron chi connectivity index (χ4n) is 1.15. The number of halogens is 3. The van der Waals surface area contributed by atoms with E-state index in [1.165, 1.54) is 13.1 Å². The molecule has 0 bridgehead atoms. The minimum atomic E-state index is -4.72. The first-order valence-corrected chi connectivity index (χ1v) is 4.74. The summed E-state index contributed by atoms with van der Waals surface area (Å²) in [4.78, 5) is 11.3. The van der Waals surface area contributed by atoms with E-state index >= 15 is 0 Å². The van der Waals surface area contributed by atoms with E-state index in [4.69, 9.17) is 4.74 Å². The lowest BCUT2D eigenvalue weighted by molar-refractivity contribution is -0.330. The third-order valence-corrected chi connectivity index (χ3v) is 1.80. The number of aromatic nitrogens is 2. The van der Waals surface area contributed by atoms with Crippen molar-refractivity contribution in [3.8, 4) is 0 Å². The molecule has 96 valence electrons. The molecule has 0 N–H and O–H groups in total. The summed E-state index contributed by atoms with van der Waals surface area (Å²) in [5.74, 6) is -0.638. The van der Waals surface area contributed by atoms with Crippen molar-refractivity contribution in [2.75, 3.05) is 6.61 Å². The van der Waals surface area contributed by atoms with Gasteiger partial charge in [-0.2, -0.15) is 5.10 Å². The molecule has 0 aromatic carbocycles. The van der Waals surface area contributed by atoms with Crippen molar-refractivity contribution in [2.24, 2.45) is 7.05 Å². The van der Waals surface area contributed by atoms with Gasteiger partial charge in [-0.05, 0) is 13.0 Å². The highest BCUT2D eigenvalue weighted by atomic mass is 19.4. The van der Waals surface area contributed by atoms with E-state index in [-0.39, 0.29) is 18.0 Å². The Bertz CT molecular complexity index is 401. The average Bonchev–Trinajstić information content (AvgIpc) is 2.56.